The van der Waals surface area contributed by atoms with Crippen LogP contribution in [0.4, 0.5) is 0 Å². The second-order valence-electron chi connectivity index (χ2n) is 5.69. The smallest absolute Gasteiger partial charge is 0.254 e. The Labute approximate surface area is 143 Å². The van der Waals surface area contributed by atoms with E-state index in [4.69, 9.17) is 9.15 Å². The second-order valence-corrected chi connectivity index (χ2v) is 5.69. The molecule has 4 rings (SSSR count). The predicted molar refractivity (Wildman–Crippen MR) is 85.3 cm³/mol. The Morgan fingerprint density at radius 2 is 2.12 bits per heavy atom. The van der Waals surface area contributed by atoms with Crippen LogP contribution in [0.15, 0.2) is 41.3 Å². The van der Waals surface area contributed by atoms with E-state index in [1.807, 2.05) is 12.1 Å². The van der Waals surface area contributed by atoms with Crippen molar-refractivity contribution in [3.63, 3.8) is 0 Å². The molecule has 3 aromatic rings. The highest BCUT2D eigenvalue weighted by atomic mass is 16.5. The Morgan fingerprint density at radius 1 is 1.28 bits per heavy atom. The van der Waals surface area contributed by atoms with E-state index in [9.17, 15) is 4.79 Å². The fraction of sp³-hybridized carbons (Fsp3) is 0.312. The molecule has 2 aromatic heterocycles. The molecule has 1 fully saturated rings. The number of ether oxygens (including phenoxy) is 1. The summed E-state index contributed by atoms with van der Waals surface area (Å²) in [7, 11) is 1.69. The minimum absolute atomic E-state index is 0.0543. The number of benzene rings is 1. The number of aromatic nitrogens is 5. The zero-order valence-electron chi connectivity index (χ0n) is 13.6. The lowest BCUT2D eigenvalue weighted by atomic mass is 10.1. The molecule has 9 heteroatoms. The molecule has 0 aliphatic carbocycles. The van der Waals surface area contributed by atoms with Crippen molar-refractivity contribution in [2.24, 2.45) is 7.05 Å². The van der Waals surface area contributed by atoms with E-state index in [1.165, 1.54) is 11.2 Å². The van der Waals surface area contributed by atoms with Gasteiger partial charge in [-0.1, -0.05) is 12.1 Å². The Kier molecular flexibility index (Phi) is 3.98. The third-order valence-electron chi connectivity index (χ3n) is 4.01. The average molecular weight is 340 g/mol. The fourth-order valence-electron chi connectivity index (χ4n) is 2.74. The van der Waals surface area contributed by atoms with Crippen molar-refractivity contribution >= 4 is 5.91 Å². The van der Waals surface area contributed by atoms with Gasteiger partial charge in [0.05, 0.1) is 26.4 Å². The van der Waals surface area contributed by atoms with Crippen molar-refractivity contribution in [3.05, 3.63) is 48.2 Å². The first-order chi connectivity index (χ1) is 12.2. The van der Waals surface area contributed by atoms with Gasteiger partial charge >= 0.3 is 0 Å². The van der Waals surface area contributed by atoms with Crippen molar-refractivity contribution in [1.82, 2.24) is 30.1 Å². The van der Waals surface area contributed by atoms with Gasteiger partial charge in [0.25, 0.3) is 5.91 Å². The first kappa shape index (κ1) is 15.5. The summed E-state index contributed by atoms with van der Waals surface area (Å²) in [5.41, 5.74) is 1.48. The SMILES string of the molecule is Cn1nnc(C2CN(C(=O)c3ccc(-c4cnco4)cc3)CCO2)n1. The van der Waals surface area contributed by atoms with Crippen LogP contribution in [0.3, 0.4) is 0 Å². The van der Waals surface area contributed by atoms with E-state index in [1.54, 1.807) is 30.3 Å². The molecule has 9 nitrogen and oxygen atoms in total. The van der Waals surface area contributed by atoms with E-state index < -0.39 is 0 Å². The summed E-state index contributed by atoms with van der Waals surface area (Å²) in [6.45, 7) is 1.36. The molecule has 1 aliphatic heterocycles. The molecule has 0 spiro atoms. The van der Waals surface area contributed by atoms with Crippen molar-refractivity contribution < 1.29 is 13.9 Å². The van der Waals surface area contributed by atoms with Crippen LogP contribution in [0.5, 0.6) is 0 Å². The van der Waals surface area contributed by atoms with Gasteiger partial charge in [-0.25, -0.2) is 4.98 Å². The molecular weight excluding hydrogens is 324 g/mol. The van der Waals surface area contributed by atoms with Crippen LogP contribution in [0.2, 0.25) is 0 Å². The number of tetrazole rings is 1. The monoisotopic (exact) mass is 340 g/mol. The summed E-state index contributed by atoms with van der Waals surface area (Å²) >= 11 is 0. The second kappa shape index (κ2) is 6.44. The normalized spacial score (nSPS) is 17.6. The maximum atomic E-state index is 12.8. The minimum atomic E-state index is -0.361. The number of nitrogens with zero attached hydrogens (tertiary/aromatic N) is 6. The zero-order valence-corrected chi connectivity index (χ0v) is 13.6. The summed E-state index contributed by atoms with van der Waals surface area (Å²) < 4.78 is 10.9. The number of amides is 1. The van der Waals surface area contributed by atoms with Crippen LogP contribution in [0.25, 0.3) is 11.3 Å². The number of rotatable bonds is 3. The summed E-state index contributed by atoms with van der Waals surface area (Å²) in [6.07, 6.45) is 2.65. The molecule has 3 heterocycles. The molecule has 0 radical (unpaired) electrons. The Bertz CT molecular complexity index is 858. The van der Waals surface area contributed by atoms with Gasteiger partial charge < -0.3 is 14.1 Å². The third kappa shape index (κ3) is 3.13. The Morgan fingerprint density at radius 3 is 2.80 bits per heavy atom. The molecule has 1 saturated heterocycles. The van der Waals surface area contributed by atoms with Crippen molar-refractivity contribution in [2.45, 2.75) is 6.10 Å². The topological polar surface area (TPSA) is 99.2 Å². The summed E-state index contributed by atoms with van der Waals surface area (Å²) in [5.74, 6) is 1.10. The van der Waals surface area contributed by atoms with E-state index in [0.29, 0.717) is 36.8 Å². The molecule has 1 unspecified atom stereocenters. The molecule has 25 heavy (non-hydrogen) atoms. The van der Waals surface area contributed by atoms with Crippen LogP contribution >= 0.6 is 0 Å². The van der Waals surface area contributed by atoms with E-state index >= 15 is 0 Å². The zero-order chi connectivity index (χ0) is 17.2. The van der Waals surface area contributed by atoms with Gasteiger partial charge in [-0.15, -0.1) is 10.2 Å². The van der Waals surface area contributed by atoms with Gasteiger partial charge in [0.15, 0.2) is 12.2 Å². The number of carbonyl (C=O) groups excluding carboxylic acids is 1. The van der Waals surface area contributed by atoms with Crippen molar-refractivity contribution in [3.8, 4) is 11.3 Å². The Balaban J connectivity index is 1.48. The van der Waals surface area contributed by atoms with E-state index in [-0.39, 0.29) is 12.0 Å². The Hall–Kier alpha value is -3.07. The molecular formula is C16H16N6O3. The number of oxazole rings is 1. The number of hydrogen-bond donors (Lipinski definition) is 0. The van der Waals surface area contributed by atoms with Crippen LogP contribution in [-0.4, -0.2) is 55.7 Å². The van der Waals surface area contributed by atoms with Gasteiger partial charge in [-0.3, -0.25) is 4.79 Å². The molecule has 1 aliphatic rings. The predicted octanol–water partition coefficient (Wildman–Crippen LogP) is 1.08. The van der Waals surface area contributed by atoms with Gasteiger partial charge in [0.2, 0.25) is 5.82 Å². The maximum Gasteiger partial charge on any atom is 0.254 e. The van der Waals surface area contributed by atoms with E-state index in [2.05, 4.69) is 20.4 Å². The number of hydrogen-bond acceptors (Lipinski definition) is 7. The highest BCUT2D eigenvalue weighted by Crippen LogP contribution is 2.22. The number of carbonyl (C=O) groups is 1. The highest BCUT2D eigenvalue weighted by Gasteiger charge is 2.28. The quantitative estimate of drug-likeness (QED) is 0.703. The molecule has 1 aromatic carbocycles. The van der Waals surface area contributed by atoms with Crippen LogP contribution in [0.1, 0.15) is 22.3 Å². The molecule has 0 N–H and O–H groups in total. The van der Waals surface area contributed by atoms with Gasteiger partial charge in [-0.2, -0.15) is 4.80 Å². The number of morpholine rings is 1. The molecule has 1 amide bonds. The van der Waals surface area contributed by atoms with Gasteiger partial charge in [-0.05, 0) is 17.3 Å². The largest absolute Gasteiger partial charge is 0.444 e. The fourth-order valence-corrected chi connectivity index (χ4v) is 2.74. The minimum Gasteiger partial charge on any atom is -0.444 e. The average Bonchev–Trinajstić information content (AvgIpc) is 3.33. The first-order valence-electron chi connectivity index (χ1n) is 7.84. The molecule has 128 valence electrons. The lowest BCUT2D eigenvalue weighted by Gasteiger charge is -2.31. The standard InChI is InChI=1S/C16H16N6O3/c1-21-19-15(18-20-21)14-9-22(6-7-24-14)16(23)12-4-2-11(3-5-12)13-8-17-10-25-13/h2-5,8,10,14H,6-7,9H2,1H3. The van der Waals surface area contributed by atoms with Crippen LogP contribution in [0, 0.1) is 0 Å². The van der Waals surface area contributed by atoms with Crippen molar-refractivity contribution in [1.29, 1.82) is 0 Å². The first-order valence-corrected chi connectivity index (χ1v) is 7.84. The lowest BCUT2D eigenvalue weighted by Crippen LogP contribution is -2.42. The lowest BCUT2D eigenvalue weighted by molar-refractivity contribution is -0.0269. The molecule has 0 bridgehead atoms. The maximum absolute atomic E-state index is 12.8. The molecule has 1 atom stereocenters. The van der Waals surface area contributed by atoms with Crippen molar-refractivity contribution in [2.75, 3.05) is 19.7 Å². The summed E-state index contributed by atoms with van der Waals surface area (Å²) in [6, 6.07) is 7.25. The van der Waals surface area contributed by atoms with Gasteiger partial charge in [0.1, 0.15) is 6.10 Å². The summed E-state index contributed by atoms with van der Waals surface area (Å²) in [4.78, 5) is 19.8. The van der Waals surface area contributed by atoms with Crippen LogP contribution in [-0.2, 0) is 11.8 Å². The van der Waals surface area contributed by atoms with Gasteiger partial charge in [0, 0.05) is 17.7 Å². The number of aryl methyl sites for hydroxylation is 1. The van der Waals surface area contributed by atoms with E-state index in [0.717, 1.165) is 5.56 Å². The summed E-state index contributed by atoms with van der Waals surface area (Å²) in [5, 5.41) is 11.9. The molecule has 0 saturated carbocycles. The third-order valence-corrected chi connectivity index (χ3v) is 4.01. The highest BCUT2D eigenvalue weighted by molar-refractivity contribution is 5.94. The van der Waals surface area contributed by atoms with Crippen LogP contribution < -0.4 is 0 Å².